The van der Waals surface area contributed by atoms with Crippen LogP contribution in [-0.2, 0) is 40.5 Å². The topological polar surface area (TPSA) is 0 Å². The van der Waals surface area contributed by atoms with E-state index >= 15 is 0 Å². The number of benzene rings is 3. The molecule has 3 rings (SSSR count). The Balaban J connectivity index is 0.00000147. The van der Waals surface area contributed by atoms with Gasteiger partial charge in [-0.3, -0.25) is 0 Å². The van der Waals surface area contributed by atoms with Crippen molar-refractivity contribution < 1.29 is 40.5 Å². The fourth-order valence-electron chi connectivity index (χ4n) is 2.31. The molecule has 0 fully saturated rings. The summed E-state index contributed by atoms with van der Waals surface area (Å²) in [4.78, 5) is 0. The molecule has 3 aromatic rings. The molecule has 3 aromatic carbocycles. The van der Waals surface area contributed by atoms with Gasteiger partial charge in [0.1, 0.15) is 15.9 Å². The van der Waals surface area contributed by atoms with E-state index in [4.69, 9.17) is 0 Å². The van der Waals surface area contributed by atoms with Crippen molar-refractivity contribution in [2.75, 3.05) is 0 Å². The summed E-state index contributed by atoms with van der Waals surface area (Å²) in [6.07, 6.45) is 0. The molecule has 4 heteroatoms. The number of hydrogen-bond donors (Lipinski definition) is 0. The van der Waals surface area contributed by atoms with E-state index < -0.39 is 7.92 Å². The third kappa shape index (κ3) is 5.48. The quantitative estimate of drug-likeness (QED) is 0.322. The third-order valence-electron chi connectivity index (χ3n) is 3.19. The van der Waals surface area contributed by atoms with Gasteiger partial charge in [-0.25, -0.2) is 0 Å². The summed E-state index contributed by atoms with van der Waals surface area (Å²) in [7, 11) is -0.877. The zero-order valence-corrected chi connectivity index (χ0v) is 18.4. The predicted octanol–water partition coefficient (Wildman–Crippen LogP) is 3.23. The van der Waals surface area contributed by atoms with E-state index in [-0.39, 0.29) is 50.4 Å². The van der Waals surface area contributed by atoms with Gasteiger partial charge in [-0.2, -0.15) is 9.90 Å². The van der Waals surface area contributed by atoms with Crippen molar-refractivity contribution >= 4 is 33.7 Å². The molecule has 0 amide bonds. The second kappa shape index (κ2) is 11.4. The van der Waals surface area contributed by atoms with Crippen LogP contribution in [0.25, 0.3) is 0 Å². The van der Waals surface area contributed by atoms with Gasteiger partial charge in [0.2, 0.25) is 0 Å². The van der Waals surface area contributed by atoms with Crippen LogP contribution in [0, 0.1) is 0 Å². The molecule has 0 N–H and O–H groups in total. The molecule has 1 radical (unpaired) electrons. The van der Waals surface area contributed by atoms with Gasteiger partial charge in [-0.1, -0.05) is 54.6 Å². The number of rotatable bonds is 3. The van der Waals surface area contributed by atoms with E-state index in [0.717, 1.165) is 0 Å². The summed E-state index contributed by atoms with van der Waals surface area (Å²) < 4.78 is 0. The van der Waals surface area contributed by atoms with Crippen LogP contribution in [0.4, 0.5) is 0 Å². The van der Waals surface area contributed by atoms with Gasteiger partial charge in [0.05, 0.1) is 7.92 Å². The molecule has 1 atom stereocenters. The molecule has 0 heterocycles. The van der Waals surface area contributed by atoms with Gasteiger partial charge in [0.15, 0.2) is 0 Å². The average Bonchev–Trinajstić information content (AvgIpc) is 2.51. The first-order valence-corrected chi connectivity index (χ1v) is 7.98. The van der Waals surface area contributed by atoms with E-state index in [0.29, 0.717) is 0 Å². The second-order valence-electron chi connectivity index (χ2n) is 4.47. The van der Waals surface area contributed by atoms with E-state index in [1.807, 2.05) is 0 Å². The molecule has 0 aromatic heterocycles. The Morgan fingerprint density at radius 2 is 0.682 bits per heavy atom. The molecular formula is C18H19IrP2Pd+. The smallest absolute Gasteiger partial charge is 0.102 e. The zero-order chi connectivity index (χ0) is 12.9. The van der Waals surface area contributed by atoms with Crippen LogP contribution in [-0.4, -0.2) is 0 Å². The summed E-state index contributed by atoms with van der Waals surface area (Å²) >= 11 is 0. The van der Waals surface area contributed by atoms with Crippen LogP contribution in [0.2, 0.25) is 0 Å². The van der Waals surface area contributed by atoms with E-state index in [2.05, 4.69) is 91.0 Å². The van der Waals surface area contributed by atoms with Crippen LogP contribution in [0.1, 0.15) is 0 Å². The van der Waals surface area contributed by atoms with Gasteiger partial charge >= 0.3 is 0 Å². The monoisotopic (exact) mass is 596 g/mol. The van der Waals surface area contributed by atoms with E-state index in [9.17, 15) is 0 Å². The minimum absolute atomic E-state index is 0. The Morgan fingerprint density at radius 3 is 0.909 bits per heavy atom. The minimum atomic E-state index is -0.877. The summed E-state index contributed by atoms with van der Waals surface area (Å²) in [5.41, 5.74) is 0. The molecule has 0 saturated carbocycles. The summed E-state index contributed by atoms with van der Waals surface area (Å²) in [5, 5.41) is 4.31. The molecular weight excluding hydrogens is 577 g/mol. The predicted molar refractivity (Wildman–Crippen MR) is 97.6 cm³/mol. The van der Waals surface area contributed by atoms with Crippen LogP contribution in [0.15, 0.2) is 91.0 Å². The van der Waals surface area contributed by atoms with E-state index in [1.165, 1.54) is 15.9 Å². The van der Waals surface area contributed by atoms with Crippen LogP contribution in [0.3, 0.4) is 0 Å². The molecule has 1 unspecified atom stereocenters. The fraction of sp³-hybridized carbons (Fsp3) is 0. The maximum absolute atomic E-state index is 2.24. The molecule has 0 bridgehead atoms. The second-order valence-corrected chi connectivity index (χ2v) is 6.96. The van der Waals surface area contributed by atoms with E-state index in [1.54, 1.807) is 0 Å². The zero-order valence-electron chi connectivity index (χ0n) is 12.0. The standard InChI is InChI=1S/C18H15P.Ir.H3P.Pd/c1-4-10-16(11-5-1)19(17-12-6-2-7-13-17)18-14-8-3-9-15-18;;;/h1-15H;;1H3;/p+1. The van der Waals surface area contributed by atoms with Crippen molar-refractivity contribution in [3.05, 3.63) is 91.0 Å². The van der Waals surface area contributed by atoms with Crippen molar-refractivity contribution in [2.24, 2.45) is 0 Å². The molecule has 119 valence electrons. The summed E-state index contributed by atoms with van der Waals surface area (Å²) in [6.45, 7) is 0. The average molecular weight is 596 g/mol. The fourth-order valence-corrected chi connectivity index (χ4v) is 4.89. The third-order valence-corrected chi connectivity index (χ3v) is 5.92. The molecule has 22 heavy (non-hydrogen) atoms. The van der Waals surface area contributed by atoms with Crippen molar-refractivity contribution in [1.29, 1.82) is 0 Å². The Morgan fingerprint density at radius 1 is 0.455 bits per heavy atom. The Kier molecular flexibility index (Phi) is 11.3. The van der Waals surface area contributed by atoms with Crippen molar-refractivity contribution in [3.8, 4) is 0 Å². The van der Waals surface area contributed by atoms with Crippen molar-refractivity contribution in [1.82, 2.24) is 0 Å². The van der Waals surface area contributed by atoms with Crippen LogP contribution < -0.4 is 15.9 Å². The first-order valence-electron chi connectivity index (χ1n) is 6.48. The Bertz CT molecular complexity index is 539. The summed E-state index contributed by atoms with van der Waals surface area (Å²) in [5.74, 6) is 0. The molecule has 0 nitrogen and oxygen atoms in total. The maximum Gasteiger partial charge on any atom is 0.102 e. The molecule has 0 spiro atoms. The van der Waals surface area contributed by atoms with Gasteiger partial charge in [0, 0.05) is 40.5 Å². The van der Waals surface area contributed by atoms with Gasteiger partial charge in [-0.05, 0) is 36.4 Å². The Labute approximate surface area is 164 Å². The van der Waals surface area contributed by atoms with Gasteiger partial charge in [-0.15, -0.1) is 0 Å². The molecule has 0 aliphatic heterocycles. The largest absolute Gasteiger partial charge is 0.153 e. The molecule has 0 aliphatic rings. The van der Waals surface area contributed by atoms with Gasteiger partial charge in [0.25, 0.3) is 0 Å². The molecule has 0 aliphatic carbocycles. The molecule has 0 saturated heterocycles. The first-order chi connectivity index (χ1) is 9.45. The maximum atomic E-state index is 2.24. The van der Waals surface area contributed by atoms with Crippen LogP contribution >= 0.6 is 17.8 Å². The normalized spacial score (nSPS) is 9.14. The van der Waals surface area contributed by atoms with Crippen molar-refractivity contribution in [3.63, 3.8) is 0 Å². The van der Waals surface area contributed by atoms with Crippen LogP contribution in [0.5, 0.6) is 0 Å². The SMILES string of the molecule is P.[Ir].[Pd].c1ccc([PH+](c2ccccc2)c2ccccc2)cc1. The summed E-state index contributed by atoms with van der Waals surface area (Å²) in [6, 6.07) is 32.5. The number of hydrogen-bond acceptors (Lipinski definition) is 0. The Hall–Kier alpha value is -0.168. The van der Waals surface area contributed by atoms with Crippen molar-refractivity contribution in [2.45, 2.75) is 0 Å². The minimum Gasteiger partial charge on any atom is -0.153 e. The first kappa shape index (κ1) is 21.8. The van der Waals surface area contributed by atoms with Gasteiger partial charge < -0.3 is 0 Å².